The number of halogens is 1. The maximum atomic E-state index is 12.7. The second kappa shape index (κ2) is 7.00. The predicted molar refractivity (Wildman–Crippen MR) is 77.9 cm³/mol. The summed E-state index contributed by atoms with van der Waals surface area (Å²) in [4.78, 5) is 11.8. The highest BCUT2D eigenvalue weighted by molar-refractivity contribution is 7.89. The molecule has 1 aliphatic rings. The molecule has 1 saturated heterocycles. The topological polar surface area (TPSA) is 66.5 Å². The third-order valence-corrected chi connectivity index (χ3v) is 5.39. The predicted octanol–water partition coefficient (Wildman–Crippen LogP) is 1.37. The van der Waals surface area contributed by atoms with E-state index >= 15 is 0 Å². The summed E-state index contributed by atoms with van der Waals surface area (Å²) in [7, 11) is -3.10. The molecule has 7 heteroatoms. The van der Waals surface area contributed by atoms with Crippen LogP contribution in [0.1, 0.15) is 29.6 Å². The fraction of sp³-hybridized carbons (Fsp3) is 0.500. The lowest BCUT2D eigenvalue weighted by molar-refractivity contribution is 0.0952. The van der Waals surface area contributed by atoms with Gasteiger partial charge in [0.2, 0.25) is 10.0 Å². The first-order valence-corrected chi connectivity index (χ1v) is 8.61. The van der Waals surface area contributed by atoms with Gasteiger partial charge in [-0.3, -0.25) is 4.79 Å². The Hall–Kier alpha value is -1.47. The Morgan fingerprint density at radius 3 is 2.62 bits per heavy atom. The minimum Gasteiger partial charge on any atom is -0.352 e. The van der Waals surface area contributed by atoms with Gasteiger partial charge < -0.3 is 5.32 Å². The molecule has 1 aromatic rings. The molecule has 1 heterocycles. The highest BCUT2D eigenvalue weighted by Gasteiger charge is 2.24. The molecular weight excluding hydrogens is 295 g/mol. The normalized spacial score (nSPS) is 18.3. The van der Waals surface area contributed by atoms with Crippen molar-refractivity contribution in [3.63, 3.8) is 0 Å². The van der Waals surface area contributed by atoms with Crippen molar-refractivity contribution < 1.29 is 17.6 Å². The van der Waals surface area contributed by atoms with Gasteiger partial charge in [0.15, 0.2) is 0 Å². The number of amides is 1. The van der Waals surface area contributed by atoms with Gasteiger partial charge in [0, 0.05) is 25.2 Å². The number of hydrogen-bond acceptors (Lipinski definition) is 3. The smallest absolute Gasteiger partial charge is 0.251 e. The van der Waals surface area contributed by atoms with Crippen LogP contribution in [0.5, 0.6) is 0 Å². The van der Waals surface area contributed by atoms with Crippen LogP contribution in [0.2, 0.25) is 0 Å². The highest BCUT2D eigenvalue weighted by Crippen LogP contribution is 2.13. The summed E-state index contributed by atoms with van der Waals surface area (Å²) in [6.07, 6.45) is 2.17. The molecule has 0 radical (unpaired) electrons. The molecule has 1 amide bonds. The first-order chi connectivity index (χ1) is 9.99. The fourth-order valence-corrected chi connectivity index (χ4v) is 3.89. The van der Waals surface area contributed by atoms with Crippen LogP contribution in [0.3, 0.4) is 0 Å². The molecule has 1 fully saturated rings. The van der Waals surface area contributed by atoms with Crippen molar-refractivity contribution in [2.45, 2.75) is 19.3 Å². The number of nitrogens with zero attached hydrogens (tertiary/aromatic N) is 1. The van der Waals surface area contributed by atoms with Gasteiger partial charge in [-0.1, -0.05) is 0 Å². The molecule has 116 valence electrons. The van der Waals surface area contributed by atoms with E-state index in [4.69, 9.17) is 0 Å². The van der Waals surface area contributed by atoms with Gasteiger partial charge in [-0.15, -0.1) is 0 Å². The number of carbonyl (C=O) groups excluding carboxylic acids is 1. The molecule has 1 aliphatic heterocycles. The quantitative estimate of drug-likeness (QED) is 0.835. The van der Waals surface area contributed by atoms with Gasteiger partial charge in [0.05, 0.1) is 5.75 Å². The summed E-state index contributed by atoms with van der Waals surface area (Å²) < 4.78 is 37.8. The second-order valence-electron chi connectivity index (χ2n) is 5.04. The van der Waals surface area contributed by atoms with Crippen molar-refractivity contribution in [3.05, 3.63) is 35.6 Å². The second-order valence-corrected chi connectivity index (χ2v) is 7.13. The number of rotatable bonds is 5. The zero-order valence-corrected chi connectivity index (χ0v) is 12.5. The number of hydrogen-bond donors (Lipinski definition) is 1. The SMILES string of the molecule is O=C(NCCCN1CCCCS1(=O)=O)c1ccc(F)cc1. The van der Waals surface area contributed by atoms with Crippen LogP contribution in [0.4, 0.5) is 4.39 Å². The van der Waals surface area contributed by atoms with E-state index in [0.29, 0.717) is 31.6 Å². The number of sulfonamides is 1. The summed E-state index contributed by atoms with van der Waals surface area (Å²) in [5.41, 5.74) is 0.391. The fourth-order valence-electron chi connectivity index (χ4n) is 2.25. The van der Waals surface area contributed by atoms with Gasteiger partial charge >= 0.3 is 0 Å². The van der Waals surface area contributed by atoms with E-state index in [-0.39, 0.29) is 17.5 Å². The molecule has 21 heavy (non-hydrogen) atoms. The highest BCUT2D eigenvalue weighted by atomic mass is 32.2. The van der Waals surface area contributed by atoms with Gasteiger partial charge in [-0.2, -0.15) is 0 Å². The Labute approximate surface area is 124 Å². The largest absolute Gasteiger partial charge is 0.352 e. The van der Waals surface area contributed by atoms with Crippen molar-refractivity contribution in [2.24, 2.45) is 0 Å². The summed E-state index contributed by atoms with van der Waals surface area (Å²) >= 11 is 0. The molecule has 0 bridgehead atoms. The van der Waals surface area contributed by atoms with Gasteiger partial charge in [-0.05, 0) is 43.5 Å². The van der Waals surface area contributed by atoms with Crippen LogP contribution in [0.15, 0.2) is 24.3 Å². The van der Waals surface area contributed by atoms with Crippen LogP contribution in [-0.4, -0.2) is 44.0 Å². The van der Waals surface area contributed by atoms with Crippen LogP contribution >= 0.6 is 0 Å². The van der Waals surface area contributed by atoms with E-state index in [1.54, 1.807) is 0 Å². The zero-order chi connectivity index (χ0) is 15.3. The Morgan fingerprint density at radius 1 is 1.24 bits per heavy atom. The molecule has 1 aromatic carbocycles. The summed E-state index contributed by atoms with van der Waals surface area (Å²) in [5.74, 6) is -0.451. The Balaban J connectivity index is 1.74. The van der Waals surface area contributed by atoms with Gasteiger partial charge in [-0.25, -0.2) is 17.1 Å². The van der Waals surface area contributed by atoms with Gasteiger partial charge in [0.25, 0.3) is 5.91 Å². The Morgan fingerprint density at radius 2 is 1.95 bits per heavy atom. The third kappa shape index (κ3) is 4.50. The molecule has 5 nitrogen and oxygen atoms in total. The summed E-state index contributed by atoms with van der Waals surface area (Å²) in [5, 5.41) is 2.70. The van der Waals surface area contributed by atoms with Crippen molar-refractivity contribution in [1.82, 2.24) is 9.62 Å². The molecule has 0 spiro atoms. The maximum Gasteiger partial charge on any atom is 0.251 e. The van der Waals surface area contributed by atoms with E-state index < -0.39 is 10.0 Å². The van der Waals surface area contributed by atoms with E-state index in [0.717, 1.165) is 12.8 Å². The average molecular weight is 314 g/mol. The molecule has 0 saturated carbocycles. The first kappa shape index (κ1) is 15.9. The lowest BCUT2D eigenvalue weighted by Gasteiger charge is -2.26. The lowest BCUT2D eigenvalue weighted by Crippen LogP contribution is -2.39. The Kier molecular flexibility index (Phi) is 5.30. The maximum absolute atomic E-state index is 12.7. The molecule has 0 aliphatic carbocycles. The number of carbonyl (C=O) groups is 1. The summed E-state index contributed by atoms with van der Waals surface area (Å²) in [6, 6.07) is 5.30. The van der Waals surface area contributed by atoms with Crippen molar-refractivity contribution in [3.8, 4) is 0 Å². The number of benzene rings is 1. The van der Waals surface area contributed by atoms with E-state index in [9.17, 15) is 17.6 Å². The first-order valence-electron chi connectivity index (χ1n) is 7.01. The zero-order valence-electron chi connectivity index (χ0n) is 11.7. The van der Waals surface area contributed by atoms with Crippen LogP contribution in [-0.2, 0) is 10.0 Å². The van der Waals surface area contributed by atoms with Crippen LogP contribution in [0.25, 0.3) is 0 Å². The van der Waals surface area contributed by atoms with Crippen LogP contribution in [0, 0.1) is 5.82 Å². The number of nitrogens with one attached hydrogen (secondary N) is 1. The monoisotopic (exact) mass is 314 g/mol. The van der Waals surface area contributed by atoms with Crippen LogP contribution < -0.4 is 5.32 Å². The van der Waals surface area contributed by atoms with Crippen molar-refractivity contribution >= 4 is 15.9 Å². The molecular formula is C14H19FN2O3S. The van der Waals surface area contributed by atoms with Crippen molar-refractivity contribution in [1.29, 1.82) is 0 Å². The molecule has 0 unspecified atom stereocenters. The molecule has 0 aromatic heterocycles. The van der Waals surface area contributed by atoms with Crippen molar-refractivity contribution in [2.75, 3.05) is 25.4 Å². The lowest BCUT2D eigenvalue weighted by atomic mass is 10.2. The van der Waals surface area contributed by atoms with E-state index in [1.165, 1.54) is 28.6 Å². The molecule has 1 N–H and O–H groups in total. The Bertz CT molecular complexity index is 587. The van der Waals surface area contributed by atoms with E-state index in [2.05, 4.69) is 5.32 Å². The van der Waals surface area contributed by atoms with E-state index in [1.807, 2.05) is 0 Å². The van der Waals surface area contributed by atoms with Gasteiger partial charge in [0.1, 0.15) is 5.82 Å². The third-order valence-electron chi connectivity index (χ3n) is 3.43. The molecule has 0 atom stereocenters. The average Bonchev–Trinajstić information content (AvgIpc) is 2.45. The minimum absolute atomic E-state index is 0.217. The summed E-state index contributed by atoms with van der Waals surface area (Å²) in [6.45, 7) is 1.38. The standard InChI is InChI=1S/C14H19FN2O3S/c15-13-6-4-12(5-7-13)14(18)16-8-3-10-17-9-1-2-11-21(17,19)20/h4-7H,1-3,8-11H2,(H,16,18). The minimum atomic E-state index is -3.10. The molecule has 2 rings (SSSR count).